The van der Waals surface area contributed by atoms with Crippen molar-refractivity contribution in [3.63, 3.8) is 0 Å². The van der Waals surface area contributed by atoms with E-state index in [2.05, 4.69) is 38.5 Å². The fourth-order valence-electron chi connectivity index (χ4n) is 8.56. The second-order valence-electron chi connectivity index (χ2n) is 23.6. The van der Waals surface area contributed by atoms with E-state index >= 15 is 0 Å². The number of amides is 6. The number of aliphatic hydroxyl groups is 5. The van der Waals surface area contributed by atoms with Gasteiger partial charge in [-0.05, 0) is 122 Å². The first-order valence-corrected chi connectivity index (χ1v) is 25.4. The van der Waals surface area contributed by atoms with Crippen LogP contribution in [0.2, 0.25) is 0 Å². The second-order valence-corrected chi connectivity index (χ2v) is 23.6. The van der Waals surface area contributed by atoms with Gasteiger partial charge in [-0.25, -0.2) is 24.0 Å². The van der Waals surface area contributed by atoms with Crippen molar-refractivity contribution in [3.8, 4) is 0 Å². The van der Waals surface area contributed by atoms with Crippen molar-refractivity contribution in [1.82, 2.24) is 36.8 Å². The van der Waals surface area contributed by atoms with Crippen LogP contribution in [0.15, 0.2) is 24.2 Å². The molecule has 1 saturated heterocycles. The van der Waals surface area contributed by atoms with Crippen molar-refractivity contribution in [2.24, 2.45) is 5.92 Å². The Morgan fingerprint density at radius 3 is 1.89 bits per heavy atom. The molecule has 0 bridgehead atoms. The summed E-state index contributed by atoms with van der Waals surface area (Å²) < 4.78 is 45.8. The van der Waals surface area contributed by atoms with Crippen molar-refractivity contribution in [2.45, 2.75) is 211 Å². The number of allylic oxidation sites excluding steroid dienone is 1. The summed E-state index contributed by atoms with van der Waals surface area (Å²) in [4.78, 5) is 79.9. The summed E-state index contributed by atoms with van der Waals surface area (Å²) in [5.74, 6) is -2.10. The Labute approximate surface area is 445 Å². The minimum Gasteiger partial charge on any atom is -0.491 e. The zero-order chi connectivity index (χ0) is 57.9. The van der Waals surface area contributed by atoms with Gasteiger partial charge in [-0.3, -0.25) is 4.79 Å². The average Bonchev–Trinajstić information content (AvgIpc) is 3.22. The van der Waals surface area contributed by atoms with Gasteiger partial charge in [0.2, 0.25) is 0 Å². The number of likely N-dealkylation sites (N-methyl/N-ethyl adjacent to an activating group) is 1. The molecule has 436 valence electrons. The average molecular weight is 1090 g/mol. The molecule has 13 atom stereocenters. The Morgan fingerprint density at radius 1 is 0.776 bits per heavy atom. The zero-order valence-electron chi connectivity index (χ0n) is 46.8. The van der Waals surface area contributed by atoms with Crippen molar-refractivity contribution in [2.75, 3.05) is 39.8 Å². The molecule has 0 aromatic heterocycles. The van der Waals surface area contributed by atoms with Crippen LogP contribution in [0.5, 0.6) is 0 Å². The van der Waals surface area contributed by atoms with E-state index in [-0.39, 0.29) is 50.4 Å². The topological polar surface area (TPSA) is 353 Å². The number of aliphatic hydroxyl groups excluding tert-OH is 4. The van der Waals surface area contributed by atoms with E-state index in [0.29, 0.717) is 0 Å². The van der Waals surface area contributed by atoms with Gasteiger partial charge in [-0.15, -0.1) is 0 Å². The molecule has 0 spiro atoms. The Morgan fingerprint density at radius 2 is 1.33 bits per heavy atom. The van der Waals surface area contributed by atoms with E-state index in [1.807, 2.05) is 0 Å². The SMILES string of the molecule is C=C(C)OC(=O)N[C@@H]1CC=C(CNCC(O)CCNC(=O)OC(C)(C)C)O[C@@H]1C1[C@@H](NC(=O)OC(C)(C)C)C[C@@H](NC(=O)[C@@H](O)CNC(=O)OC(C)(C)C)[C@H](O[C@H]2OC[C@](C)(O)[C@H](N(C)C(=O)OC(C)(C)C)[C@H]2O)[C@H]1O. The van der Waals surface area contributed by atoms with Gasteiger partial charge >= 0.3 is 30.5 Å². The van der Waals surface area contributed by atoms with Gasteiger partial charge in [0.25, 0.3) is 5.91 Å². The summed E-state index contributed by atoms with van der Waals surface area (Å²) in [6.45, 7) is 25.1. The van der Waals surface area contributed by atoms with Gasteiger partial charge in [0.15, 0.2) is 6.29 Å². The number of alkyl carbamates (subject to hydrolysis) is 4. The Kier molecular flexibility index (Phi) is 23.0. The van der Waals surface area contributed by atoms with Crippen LogP contribution in [-0.4, -0.2) is 202 Å². The molecule has 26 heteroatoms. The normalized spacial score (nSPS) is 27.9. The molecule has 76 heavy (non-hydrogen) atoms. The molecule has 6 amide bonds. The predicted molar refractivity (Wildman–Crippen MR) is 272 cm³/mol. The van der Waals surface area contributed by atoms with E-state index in [1.165, 1.54) is 20.9 Å². The first kappa shape index (κ1) is 65.1. The molecule has 2 heterocycles. The Bertz CT molecular complexity index is 2030. The highest BCUT2D eigenvalue weighted by Gasteiger charge is 2.56. The molecule has 0 aromatic carbocycles. The van der Waals surface area contributed by atoms with Crippen LogP contribution in [0.3, 0.4) is 0 Å². The summed E-state index contributed by atoms with van der Waals surface area (Å²) in [7, 11) is 1.30. The van der Waals surface area contributed by atoms with Crippen LogP contribution in [0.25, 0.3) is 0 Å². The highest BCUT2D eigenvalue weighted by atomic mass is 16.7. The third-order valence-corrected chi connectivity index (χ3v) is 11.5. The maximum Gasteiger partial charge on any atom is 0.412 e. The lowest BCUT2D eigenvalue weighted by molar-refractivity contribution is -0.305. The highest BCUT2D eigenvalue weighted by molar-refractivity contribution is 5.82. The third-order valence-electron chi connectivity index (χ3n) is 11.5. The van der Waals surface area contributed by atoms with Gasteiger partial charge in [0.1, 0.15) is 58.2 Å². The zero-order valence-corrected chi connectivity index (χ0v) is 46.8. The summed E-state index contributed by atoms with van der Waals surface area (Å²) in [5, 5.41) is 74.4. The smallest absolute Gasteiger partial charge is 0.412 e. The molecule has 1 saturated carbocycles. The second kappa shape index (κ2) is 26.9. The molecule has 26 nitrogen and oxygen atoms in total. The molecule has 11 N–H and O–H groups in total. The van der Waals surface area contributed by atoms with Gasteiger partial charge in [-0.2, -0.15) is 0 Å². The molecule has 0 radical (unpaired) electrons. The van der Waals surface area contributed by atoms with Gasteiger partial charge in [-0.1, -0.05) is 6.58 Å². The summed E-state index contributed by atoms with van der Waals surface area (Å²) >= 11 is 0. The monoisotopic (exact) mass is 1090 g/mol. The Balaban J connectivity index is 2.12. The quantitative estimate of drug-likeness (QED) is 0.0689. The molecule has 2 aliphatic heterocycles. The molecule has 3 rings (SSSR count). The number of ether oxygens (including phenoxy) is 8. The lowest BCUT2D eigenvalue weighted by atomic mass is 9.72. The van der Waals surface area contributed by atoms with Gasteiger partial charge in [0, 0.05) is 32.1 Å². The predicted octanol–water partition coefficient (Wildman–Crippen LogP) is 1.89. The van der Waals surface area contributed by atoms with E-state index in [0.717, 1.165) is 4.90 Å². The highest BCUT2D eigenvalue weighted by Crippen LogP contribution is 2.39. The lowest BCUT2D eigenvalue weighted by Crippen LogP contribution is -2.71. The van der Waals surface area contributed by atoms with Crippen LogP contribution in [0.1, 0.15) is 116 Å². The molecule has 0 aromatic rings. The molecular formula is C50H87N7O19. The van der Waals surface area contributed by atoms with Crippen molar-refractivity contribution in [1.29, 1.82) is 0 Å². The fraction of sp³-hybridized carbons (Fsp3) is 0.800. The third kappa shape index (κ3) is 21.7. The number of rotatable bonds is 18. The molecule has 2 unspecified atom stereocenters. The molecule has 2 fully saturated rings. The van der Waals surface area contributed by atoms with Crippen molar-refractivity contribution < 1.29 is 92.2 Å². The largest absolute Gasteiger partial charge is 0.491 e. The fourth-order valence-corrected chi connectivity index (χ4v) is 8.56. The minimum absolute atomic E-state index is 0.00855. The number of nitrogens with zero attached hydrogens (tertiary/aromatic N) is 1. The number of carbonyl (C=O) groups is 6. The Hall–Kier alpha value is -5.22. The summed E-state index contributed by atoms with van der Waals surface area (Å²) in [5.41, 5.74) is -5.54. The van der Waals surface area contributed by atoms with E-state index in [4.69, 9.17) is 37.9 Å². The van der Waals surface area contributed by atoms with Crippen molar-refractivity contribution in [3.05, 3.63) is 24.2 Å². The van der Waals surface area contributed by atoms with Crippen LogP contribution >= 0.6 is 0 Å². The number of hydrogen-bond acceptors (Lipinski definition) is 20. The maximum atomic E-state index is 13.9. The number of nitrogens with one attached hydrogen (secondary N) is 6. The first-order chi connectivity index (χ1) is 34.8. The van der Waals surface area contributed by atoms with E-state index < -0.39 is 151 Å². The van der Waals surface area contributed by atoms with E-state index in [9.17, 15) is 54.3 Å². The van der Waals surface area contributed by atoms with E-state index in [1.54, 1.807) is 89.2 Å². The molecule has 3 aliphatic rings. The maximum absolute atomic E-state index is 13.9. The van der Waals surface area contributed by atoms with Crippen molar-refractivity contribution >= 4 is 36.4 Å². The summed E-state index contributed by atoms with van der Waals surface area (Å²) in [6.07, 6.45) is -14.2. The minimum atomic E-state index is -1.92. The lowest BCUT2D eigenvalue weighted by Gasteiger charge is -2.52. The first-order valence-electron chi connectivity index (χ1n) is 25.4. The van der Waals surface area contributed by atoms with Crippen LogP contribution in [0.4, 0.5) is 24.0 Å². The van der Waals surface area contributed by atoms with Crippen LogP contribution < -0.4 is 31.9 Å². The van der Waals surface area contributed by atoms with Gasteiger partial charge < -0.3 is 100 Å². The molecule has 1 aliphatic carbocycles. The van der Waals surface area contributed by atoms with Gasteiger partial charge in [0.05, 0.1) is 55.8 Å². The molecular weight excluding hydrogens is 1000 g/mol. The number of carbonyl (C=O) groups excluding carboxylic acids is 6. The standard InChI is InChI=1S/C50H87N7O19/c1-26(2)70-43(65)55-29-18-17-28(23-51-22-27(58)19-20-52-41(63)73-46(3,4)5)71-36(29)33-30(56-44(66)75-48(9,10)11)21-31(54-39(62)32(59)24-53-42(64)74-47(6,7)8)37(34(33)60)72-40-35(61)38(50(15,68)25-69-40)57(16)45(67)76-49(12,13)14/h17,27,29-38,40,51,58-61,68H,1,18-25H2,2-16H3,(H,52,63)(H,53,64)(H,54,62)(H,55,65)(H,56,66)/t27?,29-,30+,31-,32+,33?,34+,35-,36+,37+,38-,40-,50+/m1/s1. The summed E-state index contributed by atoms with van der Waals surface area (Å²) in [6, 6.07) is -5.13. The van der Waals surface area contributed by atoms with Crippen LogP contribution in [-0.2, 0) is 42.7 Å². The van der Waals surface area contributed by atoms with Crippen LogP contribution in [0, 0.1) is 5.92 Å². The number of hydrogen-bond donors (Lipinski definition) is 11.